The summed E-state index contributed by atoms with van der Waals surface area (Å²) >= 11 is 0. The summed E-state index contributed by atoms with van der Waals surface area (Å²) in [4.78, 5) is 33.7. The zero-order valence-corrected chi connectivity index (χ0v) is 18.0. The Bertz CT molecular complexity index is 1130. The summed E-state index contributed by atoms with van der Waals surface area (Å²) in [5.74, 6) is 0.808. The van der Waals surface area contributed by atoms with Gasteiger partial charge < -0.3 is 14.1 Å². The molecule has 2 saturated heterocycles. The Labute approximate surface area is 186 Å². The van der Waals surface area contributed by atoms with Crippen molar-refractivity contribution in [2.45, 2.75) is 37.8 Å². The molecule has 4 heterocycles. The fourth-order valence-corrected chi connectivity index (χ4v) is 4.77. The second kappa shape index (κ2) is 9.12. The van der Waals surface area contributed by atoms with E-state index in [9.17, 15) is 9.59 Å². The number of ether oxygens (including phenoxy) is 1. The number of carbonyl (C=O) groups is 1. The molecule has 0 unspecified atom stereocenters. The van der Waals surface area contributed by atoms with Crippen LogP contribution >= 0.6 is 0 Å². The third kappa shape index (κ3) is 4.39. The van der Waals surface area contributed by atoms with Crippen molar-refractivity contribution in [1.29, 1.82) is 0 Å². The molecule has 5 rings (SSSR count). The highest BCUT2D eigenvalue weighted by Gasteiger charge is 2.31. The molecule has 0 spiro atoms. The number of pyridine rings is 1. The summed E-state index contributed by atoms with van der Waals surface area (Å²) in [6.07, 6.45) is 7.61. The van der Waals surface area contributed by atoms with Crippen LogP contribution in [0.2, 0.25) is 0 Å². The molecule has 3 aromatic rings. The predicted molar refractivity (Wildman–Crippen MR) is 121 cm³/mol. The molecule has 0 atom stereocenters. The molecule has 0 bridgehead atoms. The maximum absolute atomic E-state index is 13.0. The first-order valence-electron chi connectivity index (χ1n) is 11.3. The van der Waals surface area contributed by atoms with Crippen LogP contribution in [0.5, 0.6) is 5.75 Å². The number of para-hydroxylation sites is 1. The highest BCUT2D eigenvalue weighted by atomic mass is 16.5. The molecular formula is C25H27N3O4. The van der Waals surface area contributed by atoms with Crippen LogP contribution < -0.4 is 10.2 Å². The second-order valence-corrected chi connectivity index (χ2v) is 8.53. The van der Waals surface area contributed by atoms with E-state index in [1.165, 1.54) is 6.07 Å². The summed E-state index contributed by atoms with van der Waals surface area (Å²) in [5.41, 5.74) is 0.275. The smallest absolute Gasteiger partial charge is 0.289 e. The van der Waals surface area contributed by atoms with Crippen LogP contribution in [-0.4, -0.2) is 59.0 Å². The minimum atomic E-state index is -0.198. The summed E-state index contributed by atoms with van der Waals surface area (Å²) < 4.78 is 11.8. The molecule has 32 heavy (non-hydrogen) atoms. The first-order valence-corrected chi connectivity index (χ1v) is 11.3. The Balaban J connectivity index is 1.15. The highest BCUT2D eigenvalue weighted by Crippen LogP contribution is 2.24. The number of piperidine rings is 2. The predicted octanol–water partition coefficient (Wildman–Crippen LogP) is 3.34. The lowest BCUT2D eigenvalue weighted by molar-refractivity contribution is 0.0411. The van der Waals surface area contributed by atoms with Gasteiger partial charge in [0, 0.05) is 50.7 Å². The molecule has 2 fully saturated rings. The van der Waals surface area contributed by atoms with E-state index in [-0.39, 0.29) is 23.2 Å². The molecule has 1 amide bonds. The molecule has 7 heteroatoms. The molecule has 7 nitrogen and oxygen atoms in total. The fraction of sp³-hybridized carbons (Fsp3) is 0.400. The van der Waals surface area contributed by atoms with Gasteiger partial charge in [0.25, 0.3) is 5.91 Å². The highest BCUT2D eigenvalue weighted by molar-refractivity contribution is 5.93. The zero-order valence-electron chi connectivity index (χ0n) is 18.0. The first kappa shape index (κ1) is 20.7. The van der Waals surface area contributed by atoms with E-state index >= 15 is 0 Å². The SMILES string of the molecule is O=C(c1cc(=O)c2ccccc2o1)N1CCC(N2CCC(Oc3ccncc3)CC2)CC1. The van der Waals surface area contributed by atoms with Crippen molar-refractivity contribution in [3.05, 3.63) is 70.8 Å². The number of benzene rings is 1. The Kier molecular flexibility index (Phi) is 5.90. The Morgan fingerprint density at radius 3 is 2.44 bits per heavy atom. The van der Waals surface area contributed by atoms with Gasteiger partial charge in [-0.2, -0.15) is 0 Å². The topological polar surface area (TPSA) is 75.9 Å². The Morgan fingerprint density at radius 2 is 1.69 bits per heavy atom. The van der Waals surface area contributed by atoms with Crippen molar-refractivity contribution in [3.8, 4) is 5.75 Å². The van der Waals surface area contributed by atoms with Crippen LogP contribution in [0.1, 0.15) is 36.2 Å². The normalized spacial score (nSPS) is 18.7. The number of hydrogen-bond donors (Lipinski definition) is 0. The monoisotopic (exact) mass is 433 g/mol. The fourth-order valence-electron chi connectivity index (χ4n) is 4.77. The van der Waals surface area contributed by atoms with Crippen LogP contribution in [0.15, 0.2) is 64.1 Å². The lowest BCUT2D eigenvalue weighted by atomic mass is 9.98. The number of nitrogens with zero attached hydrogens (tertiary/aromatic N) is 3. The lowest BCUT2D eigenvalue weighted by Crippen LogP contribution is -2.50. The molecule has 0 N–H and O–H groups in total. The van der Waals surface area contributed by atoms with Crippen LogP contribution in [0, 0.1) is 0 Å². The van der Waals surface area contributed by atoms with Gasteiger partial charge in [-0.3, -0.25) is 19.5 Å². The third-order valence-corrected chi connectivity index (χ3v) is 6.54. The van der Waals surface area contributed by atoms with E-state index in [4.69, 9.17) is 9.15 Å². The van der Waals surface area contributed by atoms with Crippen molar-refractivity contribution in [1.82, 2.24) is 14.8 Å². The standard InChI is InChI=1S/C25H27N3O4/c29-22-17-24(32-23-4-2-1-3-21(22)23)25(30)28-13-7-18(8-14-28)27-15-9-20(10-16-27)31-19-5-11-26-12-6-19/h1-6,11-12,17-18,20H,7-10,13-16H2. The molecule has 2 aliphatic rings. The van der Waals surface area contributed by atoms with Gasteiger partial charge in [-0.1, -0.05) is 12.1 Å². The largest absolute Gasteiger partial charge is 0.490 e. The van der Waals surface area contributed by atoms with E-state index in [1.807, 2.05) is 17.0 Å². The number of rotatable bonds is 4. The van der Waals surface area contributed by atoms with Gasteiger partial charge in [-0.15, -0.1) is 0 Å². The van der Waals surface area contributed by atoms with E-state index < -0.39 is 0 Å². The van der Waals surface area contributed by atoms with Crippen molar-refractivity contribution in [2.24, 2.45) is 0 Å². The van der Waals surface area contributed by atoms with E-state index in [0.29, 0.717) is 30.1 Å². The van der Waals surface area contributed by atoms with Crippen LogP contribution in [0.3, 0.4) is 0 Å². The molecule has 0 saturated carbocycles. The summed E-state index contributed by atoms with van der Waals surface area (Å²) in [6.45, 7) is 3.36. The molecule has 166 valence electrons. The van der Waals surface area contributed by atoms with E-state index in [2.05, 4.69) is 9.88 Å². The van der Waals surface area contributed by atoms with Crippen LogP contribution in [0.4, 0.5) is 0 Å². The van der Waals surface area contributed by atoms with Crippen molar-refractivity contribution >= 4 is 16.9 Å². The average molecular weight is 434 g/mol. The average Bonchev–Trinajstić information content (AvgIpc) is 2.85. The number of hydrogen-bond acceptors (Lipinski definition) is 6. The Hall–Kier alpha value is -3.19. The van der Waals surface area contributed by atoms with Crippen LogP contribution in [-0.2, 0) is 0 Å². The van der Waals surface area contributed by atoms with Crippen LogP contribution in [0.25, 0.3) is 11.0 Å². The first-order chi connectivity index (χ1) is 15.7. The molecule has 1 aromatic carbocycles. The maximum Gasteiger partial charge on any atom is 0.289 e. The number of fused-ring (bicyclic) bond motifs is 1. The minimum absolute atomic E-state index is 0.126. The quantitative estimate of drug-likeness (QED) is 0.628. The number of aromatic nitrogens is 1. The third-order valence-electron chi connectivity index (χ3n) is 6.54. The van der Waals surface area contributed by atoms with Crippen molar-refractivity contribution in [3.63, 3.8) is 0 Å². The van der Waals surface area contributed by atoms with Gasteiger partial charge in [0.15, 0.2) is 11.2 Å². The van der Waals surface area contributed by atoms with Gasteiger partial charge in [-0.25, -0.2) is 0 Å². The molecular weight excluding hydrogens is 406 g/mol. The lowest BCUT2D eigenvalue weighted by Gasteiger charge is -2.41. The zero-order chi connectivity index (χ0) is 21.9. The summed E-state index contributed by atoms with van der Waals surface area (Å²) in [7, 11) is 0. The van der Waals surface area contributed by atoms with E-state index in [1.54, 1.807) is 36.7 Å². The van der Waals surface area contributed by atoms with Gasteiger partial charge in [0.2, 0.25) is 0 Å². The molecule has 2 aliphatic heterocycles. The number of amides is 1. The number of carbonyl (C=O) groups excluding carboxylic acids is 1. The van der Waals surface area contributed by atoms with E-state index in [0.717, 1.165) is 44.5 Å². The maximum atomic E-state index is 13.0. The van der Waals surface area contributed by atoms with Gasteiger partial charge in [0.1, 0.15) is 17.4 Å². The molecule has 0 aliphatic carbocycles. The summed E-state index contributed by atoms with van der Waals surface area (Å²) in [5, 5.41) is 0.499. The number of likely N-dealkylation sites (tertiary alicyclic amines) is 2. The van der Waals surface area contributed by atoms with Gasteiger partial charge in [0.05, 0.1) is 5.39 Å². The molecule has 2 aromatic heterocycles. The van der Waals surface area contributed by atoms with Crippen molar-refractivity contribution in [2.75, 3.05) is 26.2 Å². The van der Waals surface area contributed by atoms with Gasteiger partial charge >= 0.3 is 0 Å². The minimum Gasteiger partial charge on any atom is -0.490 e. The van der Waals surface area contributed by atoms with Crippen molar-refractivity contribution < 1.29 is 13.9 Å². The summed E-state index contributed by atoms with van der Waals surface area (Å²) in [6, 6.07) is 12.6. The van der Waals surface area contributed by atoms with Gasteiger partial charge in [-0.05, 0) is 49.9 Å². The Morgan fingerprint density at radius 1 is 0.969 bits per heavy atom. The molecule has 0 radical (unpaired) electrons. The second-order valence-electron chi connectivity index (χ2n) is 8.53.